The molecule has 47 heavy (non-hydrogen) atoms. The fourth-order valence-electron chi connectivity index (χ4n) is 7.01. The van der Waals surface area contributed by atoms with Crippen molar-refractivity contribution >= 4 is 55.0 Å². The average molecular weight is 668 g/mol. The van der Waals surface area contributed by atoms with Crippen LogP contribution in [0, 0.1) is 13.8 Å². The van der Waals surface area contributed by atoms with Gasteiger partial charge >= 0.3 is 0 Å². The molecule has 5 aromatic rings. The Morgan fingerprint density at radius 1 is 0.915 bits per heavy atom. The predicted octanol–water partition coefficient (Wildman–Crippen LogP) is 6.78. The first kappa shape index (κ1) is 31.3. The summed E-state index contributed by atoms with van der Waals surface area (Å²) in [5, 5.41) is 5.97. The number of thiazole rings is 1. The van der Waals surface area contributed by atoms with Gasteiger partial charge in [0.15, 0.2) is 0 Å². The number of carbonyl (C=O) groups is 2. The second-order valence-corrected chi connectivity index (χ2v) is 15.5. The molecule has 1 aliphatic carbocycles. The molecule has 2 aromatic carbocycles. The smallest absolute Gasteiger partial charge is 0.264 e. The summed E-state index contributed by atoms with van der Waals surface area (Å²) in [4.78, 5) is 37.3. The van der Waals surface area contributed by atoms with Crippen LogP contribution in [0.15, 0.2) is 60.7 Å². The number of carbonyl (C=O) groups excluding carboxylic acids is 2. The third-order valence-corrected chi connectivity index (χ3v) is 11.4. The number of nitrogens with one attached hydrogen (secondary N) is 2. The van der Waals surface area contributed by atoms with Crippen LogP contribution < -0.4 is 10.0 Å². The summed E-state index contributed by atoms with van der Waals surface area (Å²) in [6, 6.07) is 15.7. The Labute approximate surface area is 278 Å². The van der Waals surface area contributed by atoms with E-state index in [9.17, 15) is 18.0 Å². The highest BCUT2D eigenvalue weighted by Gasteiger charge is 2.28. The third-order valence-electron chi connectivity index (χ3n) is 9.14. The van der Waals surface area contributed by atoms with Crippen LogP contribution in [-0.2, 0) is 21.4 Å². The number of rotatable bonds is 3. The second kappa shape index (κ2) is 12.7. The van der Waals surface area contributed by atoms with Crippen molar-refractivity contribution in [2.75, 3.05) is 12.3 Å². The molecule has 2 bridgehead atoms. The zero-order valence-corrected chi connectivity index (χ0v) is 28.1. The summed E-state index contributed by atoms with van der Waals surface area (Å²) in [5.74, 6) is -0.864. The van der Waals surface area contributed by atoms with Crippen LogP contribution in [0.5, 0.6) is 0 Å². The summed E-state index contributed by atoms with van der Waals surface area (Å²) in [6.07, 6.45) is 9.21. The number of hydrogen-bond acceptors (Lipinski definition) is 7. The van der Waals surface area contributed by atoms with E-state index in [-0.39, 0.29) is 29.7 Å². The van der Waals surface area contributed by atoms with E-state index in [1.165, 1.54) is 18.1 Å². The largest absolute Gasteiger partial charge is 0.354 e. The second-order valence-electron chi connectivity index (χ2n) is 12.5. The Kier molecular flexibility index (Phi) is 8.44. The van der Waals surface area contributed by atoms with Crippen LogP contribution in [-0.4, -0.2) is 47.1 Å². The van der Waals surface area contributed by atoms with Gasteiger partial charge in [-0.3, -0.25) is 9.59 Å². The highest BCUT2D eigenvalue weighted by atomic mass is 32.2. The van der Waals surface area contributed by atoms with Gasteiger partial charge in [-0.25, -0.2) is 23.1 Å². The van der Waals surface area contributed by atoms with Crippen molar-refractivity contribution < 1.29 is 18.0 Å². The fraction of sp³-hybridized carbons (Fsp3) is 0.333. The summed E-state index contributed by atoms with van der Waals surface area (Å²) in [7, 11) is -3.87. The van der Waals surface area contributed by atoms with Crippen molar-refractivity contribution in [1.29, 1.82) is 0 Å². The van der Waals surface area contributed by atoms with Gasteiger partial charge in [-0.1, -0.05) is 49.6 Å². The molecule has 0 atom stereocenters. The molecular formula is C36H37N5O4S2. The standard InChI is InChI=1S/C36H37N5O4S2/c1-22-35(46-23(2)38-22)30-16-12-25-19-26(13-15-29(25)39-30)34-33(24-9-5-3-6-10-24)28-14-11-27-20-31(28)41(34)21-32(42)37-17-7-4-8-18-47(44,45)40-36(27)43/h4,8,11-16,19-20,24H,3,5-7,9-10,17-18,21H2,1-2H3,(H,37,42)(H,40,43)/b8-4+. The van der Waals surface area contributed by atoms with Crippen LogP contribution >= 0.6 is 11.3 Å². The molecule has 2 N–H and O–H groups in total. The van der Waals surface area contributed by atoms with Crippen molar-refractivity contribution in [3.63, 3.8) is 0 Å². The molecule has 1 saturated carbocycles. The van der Waals surface area contributed by atoms with Gasteiger partial charge in [0.25, 0.3) is 5.91 Å². The Morgan fingerprint density at radius 3 is 2.51 bits per heavy atom. The summed E-state index contributed by atoms with van der Waals surface area (Å²) in [5.41, 5.74) is 6.80. The molecule has 1 fully saturated rings. The lowest BCUT2D eigenvalue weighted by Gasteiger charge is -2.24. The van der Waals surface area contributed by atoms with Crippen LogP contribution in [0.4, 0.5) is 0 Å². The van der Waals surface area contributed by atoms with Gasteiger partial charge in [0.1, 0.15) is 6.54 Å². The number of aryl methyl sites for hydroxylation is 2. The van der Waals surface area contributed by atoms with E-state index in [0.29, 0.717) is 13.0 Å². The third kappa shape index (κ3) is 6.34. The molecule has 3 aromatic heterocycles. The Balaban J connectivity index is 1.42. The minimum Gasteiger partial charge on any atom is -0.354 e. The molecule has 0 spiro atoms. The molecule has 2 aliphatic rings. The lowest BCUT2D eigenvalue weighted by Crippen LogP contribution is -2.32. The van der Waals surface area contributed by atoms with Gasteiger partial charge in [0, 0.05) is 22.9 Å². The number of nitrogens with zero attached hydrogens (tertiary/aromatic N) is 3. The Morgan fingerprint density at radius 2 is 1.72 bits per heavy atom. The van der Waals surface area contributed by atoms with Gasteiger partial charge in [-0.05, 0) is 80.5 Å². The quantitative estimate of drug-likeness (QED) is 0.205. The van der Waals surface area contributed by atoms with Crippen LogP contribution in [0.2, 0.25) is 0 Å². The molecule has 242 valence electrons. The summed E-state index contributed by atoms with van der Waals surface area (Å²) < 4.78 is 29.5. The van der Waals surface area contributed by atoms with E-state index >= 15 is 0 Å². The minimum atomic E-state index is -3.87. The van der Waals surface area contributed by atoms with Crippen molar-refractivity contribution in [1.82, 2.24) is 24.6 Å². The number of pyridine rings is 1. The Bertz CT molecular complexity index is 2170. The van der Waals surface area contributed by atoms with Crippen molar-refractivity contribution in [3.8, 4) is 21.8 Å². The molecular weight excluding hydrogens is 631 g/mol. The lowest BCUT2D eigenvalue weighted by molar-refractivity contribution is -0.121. The normalized spacial score (nSPS) is 18.5. The molecule has 9 nitrogen and oxygen atoms in total. The van der Waals surface area contributed by atoms with Crippen molar-refractivity contribution in [2.24, 2.45) is 0 Å². The first-order valence-corrected chi connectivity index (χ1v) is 18.6. The molecule has 0 saturated heterocycles. The number of aromatic nitrogens is 3. The zero-order valence-electron chi connectivity index (χ0n) is 26.5. The molecule has 0 unspecified atom stereocenters. The number of benzene rings is 2. The van der Waals surface area contributed by atoms with E-state index in [4.69, 9.17) is 4.98 Å². The SMILES string of the molecule is Cc1nc(C)c(-c2ccc3cc(-c4c(C5CCCCC5)c5ccc6cc5n4CC(=O)NCC/C=C/CS(=O)(=O)NC6=O)ccc3n2)s1. The fourth-order valence-corrected chi connectivity index (χ4v) is 8.78. The van der Waals surface area contributed by atoms with Crippen molar-refractivity contribution in [2.45, 2.75) is 64.8 Å². The van der Waals surface area contributed by atoms with E-state index in [2.05, 4.69) is 33.2 Å². The van der Waals surface area contributed by atoms with E-state index in [0.717, 1.165) is 80.0 Å². The molecule has 2 amide bonds. The van der Waals surface area contributed by atoms with E-state index < -0.39 is 15.9 Å². The van der Waals surface area contributed by atoms with Gasteiger partial charge in [0.2, 0.25) is 15.9 Å². The number of hydrogen-bond donors (Lipinski definition) is 2. The number of sulfonamides is 1. The first-order chi connectivity index (χ1) is 22.7. The molecule has 11 heteroatoms. The molecule has 0 radical (unpaired) electrons. The Hall–Kier alpha value is -4.35. The minimum absolute atomic E-state index is 0.0604. The monoisotopic (exact) mass is 667 g/mol. The maximum absolute atomic E-state index is 13.5. The zero-order chi connectivity index (χ0) is 32.7. The molecule has 1 aliphatic heterocycles. The maximum Gasteiger partial charge on any atom is 0.264 e. The van der Waals surface area contributed by atoms with Crippen molar-refractivity contribution in [3.05, 3.63) is 82.5 Å². The first-order valence-electron chi connectivity index (χ1n) is 16.1. The van der Waals surface area contributed by atoms with Gasteiger partial charge < -0.3 is 9.88 Å². The number of fused-ring (bicyclic) bond motifs is 2. The van der Waals surface area contributed by atoms with Gasteiger partial charge in [-0.15, -0.1) is 11.3 Å². The summed E-state index contributed by atoms with van der Waals surface area (Å²) in [6.45, 7) is 4.45. The average Bonchev–Trinajstić information content (AvgIpc) is 3.57. The highest BCUT2D eigenvalue weighted by Crippen LogP contribution is 2.45. The molecule has 4 heterocycles. The van der Waals surface area contributed by atoms with E-state index in [1.54, 1.807) is 29.5 Å². The highest BCUT2D eigenvalue weighted by molar-refractivity contribution is 7.90. The van der Waals surface area contributed by atoms with Crippen LogP contribution in [0.25, 0.3) is 43.6 Å². The van der Waals surface area contributed by atoms with Crippen LogP contribution in [0.3, 0.4) is 0 Å². The van der Waals surface area contributed by atoms with Gasteiger partial charge in [-0.2, -0.15) is 0 Å². The number of amides is 2. The summed E-state index contributed by atoms with van der Waals surface area (Å²) >= 11 is 1.64. The molecule has 7 rings (SSSR count). The van der Waals surface area contributed by atoms with Crippen LogP contribution in [0.1, 0.15) is 71.1 Å². The maximum atomic E-state index is 13.5. The van der Waals surface area contributed by atoms with Gasteiger partial charge in [0.05, 0.1) is 43.8 Å². The topological polar surface area (TPSA) is 123 Å². The van der Waals surface area contributed by atoms with E-state index in [1.807, 2.05) is 36.6 Å². The predicted molar refractivity (Wildman–Crippen MR) is 187 cm³/mol. The lowest BCUT2D eigenvalue weighted by atomic mass is 9.81.